The van der Waals surface area contributed by atoms with Crippen molar-refractivity contribution in [2.45, 2.75) is 76.8 Å². The third-order valence-corrected chi connectivity index (χ3v) is 7.16. The van der Waals surface area contributed by atoms with Crippen LogP contribution in [0.5, 0.6) is 5.75 Å². The summed E-state index contributed by atoms with van der Waals surface area (Å²) >= 11 is 0. The number of likely N-dealkylation sites (tertiary alicyclic amines) is 2. The molecule has 3 fully saturated rings. The summed E-state index contributed by atoms with van der Waals surface area (Å²) in [7, 11) is 0. The monoisotopic (exact) mass is 413 g/mol. The molecule has 0 spiro atoms. The molecule has 0 aromatic heterocycles. The molecule has 0 radical (unpaired) electrons. The molecule has 0 aliphatic carbocycles. The molecule has 1 amide bonds. The van der Waals surface area contributed by atoms with Gasteiger partial charge in [-0.05, 0) is 89.3 Å². The summed E-state index contributed by atoms with van der Waals surface area (Å²) < 4.78 is 5.97. The van der Waals surface area contributed by atoms with E-state index in [-0.39, 0.29) is 5.91 Å². The molecule has 4 rings (SSSR count). The molecule has 30 heavy (non-hydrogen) atoms. The van der Waals surface area contributed by atoms with Crippen molar-refractivity contribution in [1.82, 2.24) is 9.80 Å². The van der Waals surface area contributed by atoms with Gasteiger partial charge in [-0.3, -0.25) is 4.79 Å². The Morgan fingerprint density at radius 3 is 2.43 bits per heavy atom. The van der Waals surface area contributed by atoms with Crippen molar-refractivity contribution in [1.29, 1.82) is 0 Å². The van der Waals surface area contributed by atoms with Gasteiger partial charge in [0.25, 0.3) is 0 Å². The minimum Gasteiger partial charge on any atom is -0.494 e. The molecule has 0 saturated carbocycles. The van der Waals surface area contributed by atoms with Crippen molar-refractivity contribution in [3.8, 4) is 5.75 Å². The molecule has 2 unspecified atom stereocenters. The third kappa shape index (κ3) is 5.55. The van der Waals surface area contributed by atoms with Crippen LogP contribution in [-0.2, 0) is 4.79 Å². The first kappa shape index (κ1) is 21.6. The van der Waals surface area contributed by atoms with Crippen molar-refractivity contribution < 1.29 is 9.53 Å². The third-order valence-electron chi connectivity index (χ3n) is 7.16. The first-order chi connectivity index (χ1) is 14.7. The molecule has 166 valence electrons. The predicted octanol–water partition coefficient (Wildman–Crippen LogP) is 4.31. The molecule has 3 saturated heterocycles. The van der Waals surface area contributed by atoms with Gasteiger partial charge in [-0.25, -0.2) is 0 Å². The molecule has 3 aliphatic heterocycles. The Kier molecular flexibility index (Phi) is 7.67. The van der Waals surface area contributed by atoms with Gasteiger partial charge in [0.2, 0.25) is 5.91 Å². The molecule has 0 N–H and O–H groups in total. The number of hydrogen-bond donors (Lipinski definition) is 0. The average molecular weight is 414 g/mol. The first-order valence-corrected chi connectivity index (χ1v) is 12.2. The highest BCUT2D eigenvalue weighted by Gasteiger charge is 2.33. The lowest BCUT2D eigenvalue weighted by atomic mass is 10.2. The SMILES string of the molecule is CC1CCCN1CCCOc1ccc(N2C(=O)CCC2CN2CCCCCC2)cc1. The van der Waals surface area contributed by atoms with Gasteiger partial charge in [-0.1, -0.05) is 12.8 Å². The summed E-state index contributed by atoms with van der Waals surface area (Å²) in [5, 5.41) is 0. The highest BCUT2D eigenvalue weighted by molar-refractivity contribution is 5.96. The number of amides is 1. The molecule has 0 bridgehead atoms. The first-order valence-electron chi connectivity index (χ1n) is 12.2. The zero-order valence-corrected chi connectivity index (χ0v) is 18.7. The van der Waals surface area contributed by atoms with E-state index in [1.54, 1.807) is 0 Å². The van der Waals surface area contributed by atoms with Crippen LogP contribution in [0.4, 0.5) is 5.69 Å². The number of carbonyl (C=O) groups excluding carboxylic acids is 1. The topological polar surface area (TPSA) is 36.0 Å². The summed E-state index contributed by atoms with van der Waals surface area (Å²) in [5.41, 5.74) is 1.02. The highest BCUT2D eigenvalue weighted by Crippen LogP contribution is 2.29. The molecule has 3 heterocycles. The minimum atomic E-state index is 0.267. The van der Waals surface area contributed by atoms with E-state index in [2.05, 4.69) is 28.9 Å². The Morgan fingerprint density at radius 2 is 1.73 bits per heavy atom. The molecule has 1 aromatic carbocycles. The number of anilines is 1. The summed E-state index contributed by atoms with van der Waals surface area (Å²) in [5.74, 6) is 1.17. The van der Waals surface area contributed by atoms with Crippen LogP contribution >= 0.6 is 0 Å². The van der Waals surface area contributed by atoms with E-state index in [0.717, 1.165) is 50.0 Å². The number of ether oxygens (including phenoxy) is 1. The van der Waals surface area contributed by atoms with E-state index in [1.807, 2.05) is 17.0 Å². The maximum Gasteiger partial charge on any atom is 0.227 e. The number of carbonyl (C=O) groups is 1. The Balaban J connectivity index is 1.27. The molecule has 5 heteroatoms. The maximum atomic E-state index is 12.6. The van der Waals surface area contributed by atoms with Crippen molar-refractivity contribution in [2.75, 3.05) is 44.2 Å². The summed E-state index contributed by atoms with van der Waals surface area (Å²) in [6.45, 7) is 8.81. The second-order valence-corrected chi connectivity index (χ2v) is 9.39. The largest absolute Gasteiger partial charge is 0.494 e. The lowest BCUT2D eigenvalue weighted by Crippen LogP contribution is -2.42. The fraction of sp³-hybridized carbons (Fsp3) is 0.720. The van der Waals surface area contributed by atoms with E-state index in [9.17, 15) is 4.79 Å². The standard InChI is InChI=1S/C25H39N3O2/c1-21-8-6-17-27(21)18-7-19-30-24-12-9-22(10-13-24)28-23(11-14-25(28)29)20-26-15-4-2-3-5-16-26/h9-10,12-13,21,23H,2-8,11,14-20H2,1H3. The molecule has 3 aliphatic rings. The Morgan fingerprint density at radius 1 is 0.967 bits per heavy atom. The van der Waals surface area contributed by atoms with E-state index >= 15 is 0 Å². The molecular weight excluding hydrogens is 374 g/mol. The van der Waals surface area contributed by atoms with Crippen LogP contribution in [0.3, 0.4) is 0 Å². The maximum absolute atomic E-state index is 12.6. The van der Waals surface area contributed by atoms with E-state index < -0.39 is 0 Å². The van der Waals surface area contributed by atoms with Crippen LogP contribution in [-0.4, -0.2) is 67.1 Å². The van der Waals surface area contributed by atoms with Gasteiger partial charge in [0, 0.05) is 31.2 Å². The fourth-order valence-corrected chi connectivity index (χ4v) is 5.37. The van der Waals surface area contributed by atoms with Crippen molar-refractivity contribution in [3.63, 3.8) is 0 Å². The van der Waals surface area contributed by atoms with Gasteiger partial charge >= 0.3 is 0 Å². The van der Waals surface area contributed by atoms with Gasteiger partial charge < -0.3 is 19.4 Å². The van der Waals surface area contributed by atoms with Crippen LogP contribution in [0.2, 0.25) is 0 Å². The average Bonchev–Trinajstić information content (AvgIpc) is 3.22. The Bertz CT molecular complexity index is 669. The smallest absolute Gasteiger partial charge is 0.227 e. The Hall–Kier alpha value is -1.59. The van der Waals surface area contributed by atoms with E-state index in [4.69, 9.17) is 4.74 Å². The van der Waals surface area contributed by atoms with E-state index in [1.165, 1.54) is 58.2 Å². The lowest BCUT2D eigenvalue weighted by Gasteiger charge is -2.30. The van der Waals surface area contributed by atoms with Crippen LogP contribution < -0.4 is 9.64 Å². The normalized spacial score (nSPS) is 26.3. The zero-order valence-electron chi connectivity index (χ0n) is 18.7. The summed E-state index contributed by atoms with van der Waals surface area (Å²) in [6, 6.07) is 9.23. The number of rotatable bonds is 8. The van der Waals surface area contributed by atoms with Crippen LogP contribution in [0.25, 0.3) is 0 Å². The van der Waals surface area contributed by atoms with Gasteiger partial charge in [0.1, 0.15) is 5.75 Å². The van der Waals surface area contributed by atoms with Crippen molar-refractivity contribution in [3.05, 3.63) is 24.3 Å². The Labute approximate surface area is 182 Å². The van der Waals surface area contributed by atoms with Crippen molar-refractivity contribution >= 4 is 11.6 Å². The number of hydrogen-bond acceptors (Lipinski definition) is 4. The highest BCUT2D eigenvalue weighted by atomic mass is 16.5. The number of benzene rings is 1. The van der Waals surface area contributed by atoms with Crippen molar-refractivity contribution in [2.24, 2.45) is 0 Å². The quantitative estimate of drug-likeness (QED) is 0.595. The second kappa shape index (κ2) is 10.6. The van der Waals surface area contributed by atoms with Crippen LogP contribution in [0.15, 0.2) is 24.3 Å². The zero-order chi connectivity index (χ0) is 20.8. The second-order valence-electron chi connectivity index (χ2n) is 9.39. The van der Waals surface area contributed by atoms with Gasteiger partial charge in [0.05, 0.1) is 12.6 Å². The molecular formula is C25H39N3O2. The molecule has 5 nitrogen and oxygen atoms in total. The summed E-state index contributed by atoms with van der Waals surface area (Å²) in [4.78, 5) is 19.8. The van der Waals surface area contributed by atoms with E-state index in [0.29, 0.717) is 12.5 Å². The molecule has 2 atom stereocenters. The fourth-order valence-electron chi connectivity index (χ4n) is 5.37. The van der Waals surface area contributed by atoms with Crippen LogP contribution in [0.1, 0.15) is 64.7 Å². The minimum absolute atomic E-state index is 0.267. The van der Waals surface area contributed by atoms with Gasteiger partial charge in [-0.15, -0.1) is 0 Å². The summed E-state index contributed by atoms with van der Waals surface area (Å²) in [6.07, 6.45) is 10.7. The van der Waals surface area contributed by atoms with Gasteiger partial charge in [-0.2, -0.15) is 0 Å². The van der Waals surface area contributed by atoms with Crippen LogP contribution in [0, 0.1) is 0 Å². The lowest BCUT2D eigenvalue weighted by molar-refractivity contribution is -0.117. The van der Waals surface area contributed by atoms with Gasteiger partial charge in [0.15, 0.2) is 0 Å². The molecule has 1 aromatic rings. The predicted molar refractivity (Wildman–Crippen MR) is 122 cm³/mol. The number of nitrogens with zero attached hydrogens (tertiary/aromatic N) is 3.